The maximum atomic E-state index is 13.5. The fourth-order valence-corrected chi connectivity index (χ4v) is 6.18. The van der Waals surface area contributed by atoms with E-state index in [1.54, 1.807) is 13.1 Å². The number of fused-ring (bicyclic) bond motifs is 1. The summed E-state index contributed by atoms with van der Waals surface area (Å²) in [6.45, 7) is 3.85. The van der Waals surface area contributed by atoms with Gasteiger partial charge in [0.1, 0.15) is 0 Å². The van der Waals surface area contributed by atoms with Crippen LogP contribution in [0.25, 0.3) is 10.9 Å². The fourth-order valence-electron chi connectivity index (χ4n) is 6.18. The van der Waals surface area contributed by atoms with Crippen LogP contribution in [0, 0.1) is 23.2 Å². The van der Waals surface area contributed by atoms with E-state index in [1.165, 1.54) is 18.4 Å². The van der Waals surface area contributed by atoms with Gasteiger partial charge in [-0.05, 0) is 87.5 Å². The van der Waals surface area contributed by atoms with E-state index < -0.39 is 5.97 Å². The lowest BCUT2D eigenvalue weighted by molar-refractivity contribution is -0.155. The number of hydrogen-bond acceptors (Lipinski definition) is 4. The Morgan fingerprint density at radius 2 is 1.92 bits per heavy atom. The van der Waals surface area contributed by atoms with Gasteiger partial charge in [0.05, 0.1) is 34.9 Å². The average Bonchev–Trinajstić information content (AvgIpc) is 3.57. The van der Waals surface area contributed by atoms with Crippen molar-refractivity contribution in [2.45, 2.75) is 70.4 Å². The highest BCUT2D eigenvalue weighted by atomic mass is 16.4. The lowest BCUT2D eigenvalue weighted by Crippen LogP contribution is -2.57. The molecule has 7 heteroatoms. The Hall–Kier alpha value is -3.66. The van der Waals surface area contributed by atoms with Crippen molar-refractivity contribution >= 4 is 22.8 Å². The zero-order chi connectivity index (χ0) is 25.0. The van der Waals surface area contributed by atoms with E-state index in [9.17, 15) is 14.7 Å². The number of pyridine rings is 1. The lowest BCUT2D eigenvalue weighted by Gasteiger charge is -2.56. The van der Waals surface area contributed by atoms with Crippen molar-refractivity contribution in [3.63, 3.8) is 0 Å². The number of amides is 1. The Kier molecular flexibility index (Phi) is 5.36. The standard InChI is InChI=1S/C29H30N4O3/c1-3-4-19-7-9-23(27(34)32-22-13-29(14-22)11-21(12-29)28(35)36)26-24(19)16-31-33(26)17(2)25-10-8-20(15-30-25)18-5-6-18/h7-10,15-18,21-22H,5-6,11-14H2,1-2H3,(H,32,34)(H,35,36). The van der Waals surface area contributed by atoms with Crippen LogP contribution >= 0.6 is 0 Å². The van der Waals surface area contributed by atoms with Gasteiger partial charge in [0.2, 0.25) is 0 Å². The van der Waals surface area contributed by atoms with Crippen molar-refractivity contribution in [3.05, 3.63) is 59.0 Å². The molecule has 0 aliphatic heterocycles. The highest BCUT2D eigenvalue weighted by Gasteiger charge is 2.55. The van der Waals surface area contributed by atoms with Crippen LogP contribution in [-0.2, 0) is 4.79 Å². The molecule has 3 aromatic rings. The molecule has 3 fully saturated rings. The molecule has 0 bridgehead atoms. The molecule has 1 atom stereocenters. The molecule has 36 heavy (non-hydrogen) atoms. The van der Waals surface area contributed by atoms with Gasteiger partial charge in [0.15, 0.2) is 0 Å². The number of benzene rings is 1. The number of aliphatic carboxylic acids is 1. The molecule has 2 N–H and O–H groups in total. The van der Waals surface area contributed by atoms with Crippen molar-refractivity contribution in [2.24, 2.45) is 11.3 Å². The molecule has 1 unspecified atom stereocenters. The van der Waals surface area contributed by atoms with Gasteiger partial charge in [-0.25, -0.2) is 0 Å². The van der Waals surface area contributed by atoms with Gasteiger partial charge in [-0.15, -0.1) is 5.92 Å². The summed E-state index contributed by atoms with van der Waals surface area (Å²) >= 11 is 0. The third-order valence-corrected chi connectivity index (χ3v) is 8.32. The highest BCUT2D eigenvalue weighted by molar-refractivity contribution is 6.07. The molecule has 3 aliphatic rings. The van der Waals surface area contributed by atoms with Crippen LogP contribution in [0.15, 0.2) is 36.7 Å². The number of nitrogens with zero attached hydrogens (tertiary/aromatic N) is 3. The van der Waals surface area contributed by atoms with Gasteiger partial charge in [-0.1, -0.05) is 12.0 Å². The van der Waals surface area contributed by atoms with E-state index in [4.69, 9.17) is 4.98 Å². The summed E-state index contributed by atoms with van der Waals surface area (Å²) < 4.78 is 1.88. The largest absolute Gasteiger partial charge is 0.481 e. The molecular weight excluding hydrogens is 452 g/mol. The summed E-state index contributed by atoms with van der Waals surface area (Å²) in [4.78, 5) is 29.4. The molecule has 1 spiro atoms. The summed E-state index contributed by atoms with van der Waals surface area (Å²) in [5, 5.41) is 17.9. The Morgan fingerprint density at radius 3 is 2.56 bits per heavy atom. The molecule has 184 valence electrons. The summed E-state index contributed by atoms with van der Waals surface area (Å²) in [6.07, 6.45) is 9.37. The second kappa shape index (κ2) is 8.48. The van der Waals surface area contributed by atoms with Crippen LogP contribution in [0.5, 0.6) is 0 Å². The minimum atomic E-state index is -0.704. The second-order valence-electron chi connectivity index (χ2n) is 10.9. The predicted octanol–water partition coefficient (Wildman–Crippen LogP) is 4.66. The fraction of sp³-hybridized carbons (Fsp3) is 0.448. The first-order valence-electron chi connectivity index (χ1n) is 12.8. The van der Waals surface area contributed by atoms with Crippen LogP contribution in [0.1, 0.15) is 91.5 Å². The van der Waals surface area contributed by atoms with E-state index in [1.807, 2.05) is 23.0 Å². The quantitative estimate of drug-likeness (QED) is 0.498. The number of hydrogen-bond donors (Lipinski definition) is 2. The Balaban J connectivity index is 1.27. The molecule has 3 saturated carbocycles. The average molecular weight is 483 g/mol. The minimum Gasteiger partial charge on any atom is -0.481 e. The summed E-state index contributed by atoms with van der Waals surface area (Å²) in [5.74, 6) is 5.69. The van der Waals surface area contributed by atoms with Gasteiger partial charge in [0.25, 0.3) is 5.91 Å². The second-order valence-corrected chi connectivity index (χ2v) is 10.9. The number of carboxylic acid groups (broad SMARTS) is 1. The third kappa shape index (κ3) is 3.85. The van der Waals surface area contributed by atoms with Gasteiger partial charge < -0.3 is 10.4 Å². The van der Waals surface area contributed by atoms with Gasteiger partial charge in [0, 0.05) is 23.2 Å². The normalized spacial score (nSPS) is 25.4. The maximum absolute atomic E-state index is 13.5. The first-order valence-corrected chi connectivity index (χ1v) is 12.8. The van der Waals surface area contributed by atoms with Gasteiger partial charge in [-0.3, -0.25) is 19.3 Å². The first-order chi connectivity index (χ1) is 17.4. The molecule has 2 aromatic heterocycles. The predicted molar refractivity (Wildman–Crippen MR) is 136 cm³/mol. The Morgan fingerprint density at radius 1 is 1.14 bits per heavy atom. The number of carboxylic acids is 1. The van der Waals surface area contributed by atoms with Crippen molar-refractivity contribution in [3.8, 4) is 11.8 Å². The molecule has 1 aromatic carbocycles. The minimum absolute atomic E-state index is 0.0721. The summed E-state index contributed by atoms with van der Waals surface area (Å²) in [6, 6.07) is 7.87. The lowest BCUT2D eigenvalue weighted by atomic mass is 9.50. The monoisotopic (exact) mass is 482 g/mol. The van der Waals surface area contributed by atoms with E-state index in [-0.39, 0.29) is 29.3 Å². The van der Waals surface area contributed by atoms with Crippen molar-refractivity contribution in [1.82, 2.24) is 20.1 Å². The topological polar surface area (TPSA) is 97.1 Å². The first kappa shape index (κ1) is 22.8. The van der Waals surface area contributed by atoms with Crippen LogP contribution < -0.4 is 5.32 Å². The molecule has 6 rings (SSSR count). The molecule has 7 nitrogen and oxygen atoms in total. The van der Waals surface area contributed by atoms with Crippen molar-refractivity contribution in [1.29, 1.82) is 0 Å². The number of carbonyl (C=O) groups is 2. The summed E-state index contributed by atoms with van der Waals surface area (Å²) in [7, 11) is 0. The smallest absolute Gasteiger partial charge is 0.306 e. The molecule has 2 heterocycles. The molecule has 0 saturated heterocycles. The van der Waals surface area contributed by atoms with E-state index >= 15 is 0 Å². The zero-order valence-corrected chi connectivity index (χ0v) is 20.6. The van der Waals surface area contributed by atoms with Gasteiger partial charge >= 0.3 is 5.97 Å². The molecule has 0 radical (unpaired) electrons. The Bertz CT molecular complexity index is 1410. The number of carbonyl (C=O) groups excluding carboxylic acids is 1. The van der Waals surface area contributed by atoms with Gasteiger partial charge in [-0.2, -0.15) is 5.10 Å². The van der Waals surface area contributed by atoms with Crippen LogP contribution in [0.2, 0.25) is 0 Å². The highest BCUT2D eigenvalue weighted by Crippen LogP contribution is 2.58. The number of nitrogens with one attached hydrogen (secondary N) is 1. The van der Waals surface area contributed by atoms with Crippen LogP contribution in [0.4, 0.5) is 0 Å². The van der Waals surface area contributed by atoms with Crippen LogP contribution in [0.3, 0.4) is 0 Å². The molecule has 3 aliphatic carbocycles. The number of aromatic nitrogens is 3. The SMILES string of the molecule is CC#Cc1ccc(C(=O)NC2CC3(C2)CC(C(=O)O)C3)c2c1cnn2C(C)c1ccc(C2CC2)cn1. The molecular formula is C29H30N4O3. The number of rotatable bonds is 6. The van der Waals surface area contributed by atoms with Crippen LogP contribution in [-0.4, -0.2) is 37.8 Å². The van der Waals surface area contributed by atoms with E-state index in [0.717, 1.165) is 47.8 Å². The van der Waals surface area contributed by atoms with Crippen molar-refractivity contribution in [2.75, 3.05) is 0 Å². The zero-order valence-electron chi connectivity index (χ0n) is 20.6. The summed E-state index contributed by atoms with van der Waals surface area (Å²) in [5.41, 5.74) is 4.47. The van der Waals surface area contributed by atoms with E-state index in [2.05, 4.69) is 41.3 Å². The molecule has 1 amide bonds. The van der Waals surface area contributed by atoms with Crippen molar-refractivity contribution < 1.29 is 14.7 Å². The van der Waals surface area contributed by atoms with E-state index in [0.29, 0.717) is 11.5 Å². The maximum Gasteiger partial charge on any atom is 0.306 e. The third-order valence-electron chi connectivity index (χ3n) is 8.32. The Labute approximate surface area is 210 Å².